The second kappa shape index (κ2) is 6.74. The summed E-state index contributed by atoms with van der Waals surface area (Å²) in [5.74, 6) is 0.0305. The van der Waals surface area contributed by atoms with E-state index in [1.807, 2.05) is 30.3 Å². The lowest BCUT2D eigenvalue weighted by Crippen LogP contribution is -2.31. The zero-order chi connectivity index (χ0) is 15.2. The molecule has 0 saturated carbocycles. The van der Waals surface area contributed by atoms with Gasteiger partial charge in [0.25, 0.3) is 5.91 Å². The number of nitrogens with two attached hydrogens (primary N) is 1. The Balaban J connectivity index is 1.90. The molecule has 0 saturated heterocycles. The standard InChI is InChI=1S/C16H17FN2O2/c1-19(9-10-21-13-5-3-2-4-6-13)16(20)14-8-7-12(17)11-15(14)18/h2-8,11H,9-10,18H2,1H3. The number of nitrogen functional groups attached to an aromatic ring is 1. The maximum atomic E-state index is 13.0. The van der Waals surface area contributed by atoms with Gasteiger partial charge < -0.3 is 15.4 Å². The van der Waals surface area contributed by atoms with E-state index in [-0.39, 0.29) is 11.6 Å². The van der Waals surface area contributed by atoms with E-state index in [0.717, 1.165) is 11.8 Å². The summed E-state index contributed by atoms with van der Waals surface area (Å²) in [7, 11) is 1.65. The molecule has 0 aliphatic rings. The molecule has 0 bridgehead atoms. The lowest BCUT2D eigenvalue weighted by Gasteiger charge is -2.18. The minimum Gasteiger partial charge on any atom is -0.492 e. The number of anilines is 1. The van der Waals surface area contributed by atoms with E-state index < -0.39 is 5.82 Å². The van der Waals surface area contributed by atoms with E-state index in [9.17, 15) is 9.18 Å². The van der Waals surface area contributed by atoms with Crippen LogP contribution in [0.3, 0.4) is 0 Å². The van der Waals surface area contributed by atoms with Crippen LogP contribution in [0, 0.1) is 5.82 Å². The predicted molar refractivity (Wildman–Crippen MR) is 79.7 cm³/mol. The molecule has 0 atom stereocenters. The van der Waals surface area contributed by atoms with Crippen LogP contribution in [0.1, 0.15) is 10.4 Å². The van der Waals surface area contributed by atoms with Crippen LogP contribution < -0.4 is 10.5 Å². The molecule has 0 fully saturated rings. The summed E-state index contributed by atoms with van der Waals surface area (Å²) in [4.78, 5) is 13.7. The fourth-order valence-electron chi connectivity index (χ4n) is 1.85. The fourth-order valence-corrected chi connectivity index (χ4v) is 1.85. The van der Waals surface area contributed by atoms with Crippen LogP contribution in [0.5, 0.6) is 5.75 Å². The van der Waals surface area contributed by atoms with Gasteiger partial charge in [0, 0.05) is 12.7 Å². The van der Waals surface area contributed by atoms with Crippen molar-refractivity contribution in [2.24, 2.45) is 0 Å². The highest BCUT2D eigenvalue weighted by atomic mass is 19.1. The summed E-state index contributed by atoms with van der Waals surface area (Å²) in [6, 6.07) is 13.1. The number of likely N-dealkylation sites (N-methyl/N-ethyl adjacent to an activating group) is 1. The molecule has 2 N–H and O–H groups in total. The summed E-state index contributed by atoms with van der Waals surface area (Å²) in [6.07, 6.45) is 0. The van der Waals surface area contributed by atoms with Gasteiger partial charge in [-0.2, -0.15) is 0 Å². The number of carbonyl (C=O) groups excluding carboxylic acids is 1. The largest absolute Gasteiger partial charge is 0.492 e. The van der Waals surface area contributed by atoms with Crippen LogP contribution in [0.4, 0.5) is 10.1 Å². The van der Waals surface area contributed by atoms with Gasteiger partial charge in [-0.05, 0) is 30.3 Å². The minimum atomic E-state index is -0.459. The number of amides is 1. The molecule has 1 amide bonds. The minimum absolute atomic E-state index is 0.135. The lowest BCUT2D eigenvalue weighted by molar-refractivity contribution is 0.0775. The second-order valence-electron chi connectivity index (χ2n) is 4.62. The van der Waals surface area contributed by atoms with Gasteiger partial charge in [0.1, 0.15) is 18.2 Å². The van der Waals surface area contributed by atoms with Crippen LogP contribution >= 0.6 is 0 Å². The van der Waals surface area contributed by atoms with Crippen LogP contribution in [-0.4, -0.2) is 31.0 Å². The molecule has 0 spiro atoms. The molecule has 0 aliphatic heterocycles. The van der Waals surface area contributed by atoms with Crippen LogP contribution in [0.15, 0.2) is 48.5 Å². The van der Waals surface area contributed by atoms with Crippen molar-refractivity contribution in [2.75, 3.05) is 25.9 Å². The Morgan fingerprint density at radius 3 is 2.62 bits per heavy atom. The first-order valence-corrected chi connectivity index (χ1v) is 6.56. The number of halogens is 1. The molecule has 0 radical (unpaired) electrons. The van der Waals surface area contributed by atoms with Crippen molar-refractivity contribution in [1.29, 1.82) is 0 Å². The van der Waals surface area contributed by atoms with Crippen molar-refractivity contribution in [3.63, 3.8) is 0 Å². The molecule has 2 rings (SSSR count). The maximum Gasteiger partial charge on any atom is 0.255 e. The molecule has 5 heteroatoms. The zero-order valence-corrected chi connectivity index (χ0v) is 11.8. The van der Waals surface area contributed by atoms with Gasteiger partial charge in [-0.15, -0.1) is 0 Å². The second-order valence-corrected chi connectivity index (χ2v) is 4.62. The molecule has 0 unspecified atom stereocenters. The van der Waals surface area contributed by atoms with Gasteiger partial charge in [-0.1, -0.05) is 18.2 Å². The number of para-hydroxylation sites is 1. The number of ether oxygens (including phenoxy) is 1. The topological polar surface area (TPSA) is 55.6 Å². The van der Waals surface area contributed by atoms with Gasteiger partial charge in [0.2, 0.25) is 0 Å². The maximum absolute atomic E-state index is 13.0. The third-order valence-electron chi connectivity index (χ3n) is 3.03. The number of hydrogen-bond acceptors (Lipinski definition) is 3. The summed E-state index contributed by atoms with van der Waals surface area (Å²) < 4.78 is 18.5. The van der Waals surface area contributed by atoms with E-state index in [1.54, 1.807) is 7.05 Å². The first-order valence-electron chi connectivity index (χ1n) is 6.56. The number of hydrogen-bond donors (Lipinski definition) is 1. The number of nitrogens with zero attached hydrogens (tertiary/aromatic N) is 1. The zero-order valence-electron chi connectivity index (χ0n) is 11.8. The summed E-state index contributed by atoms with van der Waals surface area (Å²) in [5.41, 5.74) is 6.09. The third kappa shape index (κ3) is 3.95. The summed E-state index contributed by atoms with van der Waals surface area (Å²) in [5, 5.41) is 0. The van der Waals surface area contributed by atoms with Crippen LogP contribution in [-0.2, 0) is 0 Å². The molecule has 2 aromatic carbocycles. The van der Waals surface area contributed by atoms with E-state index in [1.165, 1.54) is 17.0 Å². The quantitative estimate of drug-likeness (QED) is 0.860. The molecule has 21 heavy (non-hydrogen) atoms. The van der Waals surface area contributed by atoms with Gasteiger partial charge in [-0.3, -0.25) is 4.79 Å². The Morgan fingerprint density at radius 1 is 1.24 bits per heavy atom. The average Bonchev–Trinajstić information content (AvgIpc) is 2.47. The number of carbonyl (C=O) groups is 1. The first-order chi connectivity index (χ1) is 10.1. The molecular formula is C16H17FN2O2. The van der Waals surface area contributed by atoms with Crippen molar-refractivity contribution in [1.82, 2.24) is 4.90 Å². The van der Waals surface area contributed by atoms with Crippen molar-refractivity contribution in [3.8, 4) is 5.75 Å². The Bertz CT molecular complexity index is 617. The predicted octanol–water partition coefficient (Wildman–Crippen LogP) is 2.56. The highest BCUT2D eigenvalue weighted by Crippen LogP contribution is 2.15. The van der Waals surface area contributed by atoms with Crippen molar-refractivity contribution < 1.29 is 13.9 Å². The molecule has 0 heterocycles. The third-order valence-corrected chi connectivity index (χ3v) is 3.03. The van der Waals surface area contributed by atoms with Gasteiger partial charge in [0.05, 0.1) is 12.1 Å². The van der Waals surface area contributed by atoms with Gasteiger partial charge in [-0.25, -0.2) is 4.39 Å². The van der Waals surface area contributed by atoms with Crippen molar-refractivity contribution >= 4 is 11.6 Å². The van der Waals surface area contributed by atoms with Crippen LogP contribution in [0.25, 0.3) is 0 Å². The molecule has 2 aromatic rings. The van der Waals surface area contributed by atoms with Gasteiger partial charge in [0.15, 0.2) is 0 Å². The normalized spacial score (nSPS) is 10.2. The van der Waals surface area contributed by atoms with Crippen LogP contribution in [0.2, 0.25) is 0 Å². The Kier molecular flexibility index (Phi) is 4.77. The van der Waals surface area contributed by atoms with Crippen molar-refractivity contribution in [3.05, 3.63) is 59.9 Å². The molecule has 0 aliphatic carbocycles. The van der Waals surface area contributed by atoms with E-state index in [4.69, 9.17) is 10.5 Å². The number of rotatable bonds is 5. The fraction of sp³-hybridized carbons (Fsp3) is 0.188. The smallest absolute Gasteiger partial charge is 0.255 e. The Morgan fingerprint density at radius 2 is 1.95 bits per heavy atom. The van der Waals surface area contributed by atoms with E-state index >= 15 is 0 Å². The monoisotopic (exact) mass is 288 g/mol. The summed E-state index contributed by atoms with van der Waals surface area (Å²) in [6.45, 7) is 0.776. The average molecular weight is 288 g/mol. The Labute approximate surface area is 122 Å². The SMILES string of the molecule is CN(CCOc1ccccc1)C(=O)c1ccc(F)cc1N. The molecule has 4 nitrogen and oxygen atoms in total. The highest BCUT2D eigenvalue weighted by molar-refractivity contribution is 5.98. The highest BCUT2D eigenvalue weighted by Gasteiger charge is 2.15. The number of benzene rings is 2. The van der Waals surface area contributed by atoms with Gasteiger partial charge >= 0.3 is 0 Å². The lowest BCUT2D eigenvalue weighted by atomic mass is 10.1. The van der Waals surface area contributed by atoms with E-state index in [2.05, 4.69) is 0 Å². The Hall–Kier alpha value is -2.56. The first kappa shape index (κ1) is 14.8. The molecular weight excluding hydrogens is 271 g/mol. The summed E-state index contributed by atoms with van der Waals surface area (Å²) >= 11 is 0. The molecule has 0 aromatic heterocycles. The molecule has 110 valence electrons. The van der Waals surface area contributed by atoms with E-state index in [0.29, 0.717) is 18.7 Å². The van der Waals surface area contributed by atoms with Crippen molar-refractivity contribution in [2.45, 2.75) is 0 Å².